The van der Waals surface area contributed by atoms with E-state index in [9.17, 15) is 15.3 Å². The summed E-state index contributed by atoms with van der Waals surface area (Å²) in [6.45, 7) is 12.4. The summed E-state index contributed by atoms with van der Waals surface area (Å²) in [4.78, 5) is 0. The largest absolute Gasteiger partial charge is 0.390 e. The molecule has 3 heteroatoms. The zero-order chi connectivity index (χ0) is 22.1. The monoisotopic (exact) mass is 414 g/mol. The van der Waals surface area contributed by atoms with Crippen molar-refractivity contribution in [1.29, 1.82) is 0 Å². The molecule has 0 saturated heterocycles. The lowest BCUT2D eigenvalue weighted by atomic mass is 9.64. The summed E-state index contributed by atoms with van der Waals surface area (Å²) in [6.07, 6.45) is 13.5. The first-order chi connectivity index (χ1) is 14.0. The molecule has 3 aliphatic carbocycles. The third-order valence-corrected chi connectivity index (χ3v) is 7.91. The van der Waals surface area contributed by atoms with Gasteiger partial charge in [-0.1, -0.05) is 47.9 Å². The Hall–Kier alpha value is -1.16. The summed E-state index contributed by atoms with van der Waals surface area (Å²) in [5, 5.41) is 30.3. The minimum Gasteiger partial charge on any atom is -0.390 e. The fourth-order valence-corrected chi connectivity index (χ4v) is 6.12. The second-order valence-electron chi connectivity index (χ2n) is 10.9. The molecule has 0 spiro atoms. The van der Waals surface area contributed by atoms with Crippen LogP contribution in [-0.4, -0.2) is 33.1 Å². The van der Waals surface area contributed by atoms with E-state index in [1.54, 1.807) is 16.7 Å². The quantitative estimate of drug-likeness (QED) is 0.501. The fraction of sp³-hybridized carbons (Fsp3) is 0.704. The van der Waals surface area contributed by atoms with Crippen LogP contribution in [0.1, 0.15) is 91.9 Å². The van der Waals surface area contributed by atoms with Gasteiger partial charge in [-0.3, -0.25) is 0 Å². The number of allylic oxidation sites excluding steroid dienone is 5. The fourth-order valence-electron chi connectivity index (χ4n) is 6.12. The predicted molar refractivity (Wildman–Crippen MR) is 124 cm³/mol. The van der Waals surface area contributed by atoms with Crippen molar-refractivity contribution in [2.24, 2.45) is 11.3 Å². The van der Waals surface area contributed by atoms with Crippen molar-refractivity contribution in [1.82, 2.24) is 0 Å². The molecule has 3 nitrogen and oxygen atoms in total. The van der Waals surface area contributed by atoms with Crippen LogP contribution in [0.2, 0.25) is 0 Å². The zero-order valence-electron chi connectivity index (χ0n) is 19.5. The summed E-state index contributed by atoms with van der Waals surface area (Å²) in [5.74, 6) is 0.607. The molecular weight excluding hydrogens is 372 g/mol. The number of hydrogen-bond donors (Lipinski definition) is 3. The molecule has 0 aromatic heterocycles. The summed E-state index contributed by atoms with van der Waals surface area (Å²) in [7, 11) is 0. The number of aliphatic hydroxyl groups is 3. The highest BCUT2D eigenvalue weighted by Gasteiger charge is 2.46. The molecule has 0 bridgehead atoms. The van der Waals surface area contributed by atoms with Crippen LogP contribution >= 0.6 is 0 Å². The van der Waals surface area contributed by atoms with Crippen LogP contribution in [0.4, 0.5) is 0 Å². The molecule has 4 atom stereocenters. The molecule has 3 saturated carbocycles. The van der Waals surface area contributed by atoms with Crippen molar-refractivity contribution in [3.63, 3.8) is 0 Å². The van der Waals surface area contributed by atoms with E-state index >= 15 is 0 Å². The first kappa shape index (κ1) is 23.5. The molecule has 0 aromatic carbocycles. The Morgan fingerprint density at radius 1 is 1.17 bits per heavy atom. The van der Waals surface area contributed by atoms with Crippen LogP contribution in [0.5, 0.6) is 0 Å². The first-order valence-corrected chi connectivity index (χ1v) is 11.9. The molecular formula is C27H42O3. The van der Waals surface area contributed by atoms with Gasteiger partial charge in [0, 0.05) is 0 Å². The summed E-state index contributed by atoms with van der Waals surface area (Å²) < 4.78 is 0. The van der Waals surface area contributed by atoms with Gasteiger partial charge in [-0.25, -0.2) is 0 Å². The van der Waals surface area contributed by atoms with E-state index < -0.39 is 17.8 Å². The second-order valence-corrected chi connectivity index (χ2v) is 10.9. The van der Waals surface area contributed by atoms with Gasteiger partial charge < -0.3 is 15.3 Å². The van der Waals surface area contributed by atoms with E-state index in [1.165, 1.54) is 25.7 Å². The highest BCUT2D eigenvalue weighted by molar-refractivity contribution is 5.35. The molecule has 1 unspecified atom stereocenters. The van der Waals surface area contributed by atoms with E-state index in [0.29, 0.717) is 24.3 Å². The van der Waals surface area contributed by atoms with Gasteiger partial charge in [0.05, 0.1) is 17.8 Å². The topological polar surface area (TPSA) is 60.7 Å². The predicted octanol–water partition coefficient (Wildman–Crippen LogP) is 5.77. The molecule has 30 heavy (non-hydrogen) atoms. The van der Waals surface area contributed by atoms with E-state index in [0.717, 1.165) is 31.3 Å². The molecule has 0 aromatic rings. The molecule has 3 rings (SSSR count). The standard InChI is InChI=1S/C27H42O3/c1-18(8-6-14-26(3,4)30)22-12-13-23-21(9-7-15-27(22,23)5)11-10-20-16-24(28)19(2)25(29)17-20/h10-11,23-25,28-30H,2,6-9,12-17H2,1,3-5H3/b21-11+,22-18-/t23?,24-,25-,27-/m1/s1. The molecule has 0 radical (unpaired) electrons. The normalized spacial score (nSPS) is 35.6. The molecule has 0 amide bonds. The third-order valence-electron chi connectivity index (χ3n) is 7.91. The molecule has 3 fully saturated rings. The Kier molecular flexibility index (Phi) is 7.16. The highest BCUT2D eigenvalue weighted by atomic mass is 16.3. The van der Waals surface area contributed by atoms with Crippen molar-refractivity contribution >= 4 is 0 Å². The van der Waals surface area contributed by atoms with Crippen LogP contribution in [0.25, 0.3) is 0 Å². The molecule has 168 valence electrons. The maximum atomic E-state index is 10.1. The van der Waals surface area contributed by atoms with Gasteiger partial charge in [-0.2, -0.15) is 0 Å². The number of fused-ring (bicyclic) bond motifs is 1. The summed E-state index contributed by atoms with van der Waals surface area (Å²) in [5.41, 5.74) is 6.12. The lowest BCUT2D eigenvalue weighted by molar-refractivity contribution is 0.0689. The maximum absolute atomic E-state index is 10.1. The average Bonchev–Trinajstić information content (AvgIpc) is 3.00. The SMILES string of the molecule is C=C1[C@H](O)CC(=C/C=C2\CCC[C@]3(C)/C(=C(/C)CCCC(C)(C)O)CCC23)C[C@H]1O. The minimum atomic E-state index is -0.623. The minimum absolute atomic E-state index is 0.265. The Morgan fingerprint density at radius 2 is 1.83 bits per heavy atom. The number of rotatable bonds is 5. The van der Waals surface area contributed by atoms with Gasteiger partial charge in [0.15, 0.2) is 0 Å². The van der Waals surface area contributed by atoms with Crippen LogP contribution < -0.4 is 0 Å². The maximum Gasteiger partial charge on any atom is 0.0809 e. The van der Waals surface area contributed by atoms with Gasteiger partial charge >= 0.3 is 0 Å². The zero-order valence-corrected chi connectivity index (χ0v) is 19.5. The Morgan fingerprint density at radius 3 is 2.47 bits per heavy atom. The summed E-state index contributed by atoms with van der Waals surface area (Å²) in [6, 6.07) is 0. The molecule has 0 aliphatic heterocycles. The van der Waals surface area contributed by atoms with Crippen LogP contribution in [0.15, 0.2) is 46.6 Å². The number of hydrogen-bond acceptors (Lipinski definition) is 3. The Bertz CT molecular complexity index is 733. The summed E-state index contributed by atoms with van der Waals surface area (Å²) >= 11 is 0. The van der Waals surface area contributed by atoms with Crippen molar-refractivity contribution in [3.05, 3.63) is 46.6 Å². The van der Waals surface area contributed by atoms with Gasteiger partial charge in [0.25, 0.3) is 0 Å². The lowest BCUT2D eigenvalue weighted by Gasteiger charge is -2.40. The van der Waals surface area contributed by atoms with E-state index in [-0.39, 0.29) is 5.41 Å². The highest BCUT2D eigenvalue weighted by Crippen LogP contribution is 2.58. The number of aliphatic hydroxyl groups excluding tert-OH is 2. The Labute approximate surface area is 183 Å². The van der Waals surface area contributed by atoms with Gasteiger partial charge in [-0.05, 0) is 102 Å². The van der Waals surface area contributed by atoms with Crippen molar-refractivity contribution in [2.45, 2.75) is 110 Å². The smallest absolute Gasteiger partial charge is 0.0809 e. The van der Waals surface area contributed by atoms with E-state index in [2.05, 4.69) is 32.6 Å². The first-order valence-electron chi connectivity index (χ1n) is 11.9. The van der Waals surface area contributed by atoms with Crippen LogP contribution in [0.3, 0.4) is 0 Å². The van der Waals surface area contributed by atoms with E-state index in [4.69, 9.17) is 0 Å². The van der Waals surface area contributed by atoms with E-state index in [1.807, 2.05) is 13.8 Å². The molecule has 0 heterocycles. The molecule has 3 N–H and O–H groups in total. The Balaban J connectivity index is 1.74. The van der Waals surface area contributed by atoms with Crippen molar-refractivity contribution < 1.29 is 15.3 Å². The van der Waals surface area contributed by atoms with Gasteiger partial charge in [0.2, 0.25) is 0 Å². The lowest BCUT2D eigenvalue weighted by Crippen LogP contribution is -2.29. The van der Waals surface area contributed by atoms with Crippen LogP contribution in [0, 0.1) is 11.3 Å². The van der Waals surface area contributed by atoms with Crippen LogP contribution in [-0.2, 0) is 0 Å². The van der Waals surface area contributed by atoms with Crippen molar-refractivity contribution in [2.75, 3.05) is 0 Å². The van der Waals surface area contributed by atoms with Gasteiger partial charge in [0.1, 0.15) is 0 Å². The molecule has 3 aliphatic rings. The average molecular weight is 415 g/mol. The second kappa shape index (κ2) is 9.14. The third kappa shape index (κ3) is 5.18. The van der Waals surface area contributed by atoms with Crippen molar-refractivity contribution in [3.8, 4) is 0 Å². The van der Waals surface area contributed by atoms with Gasteiger partial charge in [-0.15, -0.1) is 0 Å².